The summed E-state index contributed by atoms with van der Waals surface area (Å²) in [6.45, 7) is 2.20. The maximum Gasteiger partial charge on any atom is 0.165 e. The molecule has 1 aromatic heterocycles. The Morgan fingerprint density at radius 3 is 2.57 bits per heavy atom. The lowest BCUT2D eigenvalue weighted by atomic mass is 10.1. The number of unbranched alkanes of at least 4 members (excludes halogenated alkanes) is 3. The van der Waals surface area contributed by atoms with Crippen LogP contribution in [0.1, 0.15) is 38.3 Å². The summed E-state index contributed by atoms with van der Waals surface area (Å²) in [5, 5.41) is 0. The van der Waals surface area contributed by atoms with E-state index in [2.05, 4.69) is 16.9 Å². The predicted octanol–water partition coefficient (Wildman–Crippen LogP) is 4.41. The Balaban J connectivity index is 2.03. The summed E-state index contributed by atoms with van der Waals surface area (Å²) in [5.41, 5.74) is 2.37. The number of methoxy groups -OCH3 is 1. The molecule has 0 unspecified atom stereocenters. The summed E-state index contributed by atoms with van der Waals surface area (Å²) >= 11 is 0. The number of aromatic nitrogens is 2. The second kappa shape index (κ2) is 7.72. The van der Waals surface area contributed by atoms with Crippen LogP contribution in [0.5, 0.6) is 5.75 Å². The van der Waals surface area contributed by atoms with E-state index in [1.165, 1.54) is 32.4 Å². The number of ether oxygens (including phenoxy) is 1. The molecule has 21 heavy (non-hydrogen) atoms. The van der Waals surface area contributed by atoms with Crippen molar-refractivity contribution in [2.45, 2.75) is 39.0 Å². The summed E-state index contributed by atoms with van der Waals surface area (Å²) in [6, 6.07) is 4.81. The van der Waals surface area contributed by atoms with Crippen molar-refractivity contribution in [2.24, 2.45) is 0 Å². The maximum absolute atomic E-state index is 13.7. The van der Waals surface area contributed by atoms with Gasteiger partial charge in [-0.05, 0) is 31.0 Å². The molecule has 0 aliphatic carbocycles. The van der Waals surface area contributed by atoms with Crippen molar-refractivity contribution in [1.29, 1.82) is 0 Å². The van der Waals surface area contributed by atoms with Crippen LogP contribution in [0.15, 0.2) is 30.6 Å². The molecule has 0 N–H and O–H groups in total. The molecule has 4 heteroatoms. The third-order valence-electron chi connectivity index (χ3n) is 3.44. The van der Waals surface area contributed by atoms with E-state index in [9.17, 15) is 4.39 Å². The van der Waals surface area contributed by atoms with Crippen LogP contribution in [0.25, 0.3) is 11.3 Å². The second-order valence-electron chi connectivity index (χ2n) is 5.05. The van der Waals surface area contributed by atoms with Crippen LogP contribution in [-0.4, -0.2) is 17.1 Å². The molecule has 2 rings (SSSR count). The Labute approximate surface area is 125 Å². The lowest BCUT2D eigenvalue weighted by molar-refractivity contribution is 0.386. The molecular weight excluding hydrogens is 267 g/mol. The molecule has 0 amide bonds. The summed E-state index contributed by atoms with van der Waals surface area (Å²) in [5.74, 6) is -0.153. The fourth-order valence-electron chi connectivity index (χ4n) is 2.19. The predicted molar refractivity (Wildman–Crippen MR) is 81.8 cm³/mol. The monoisotopic (exact) mass is 288 g/mol. The molecular formula is C17H21FN2O. The van der Waals surface area contributed by atoms with E-state index in [1.54, 1.807) is 24.5 Å². The highest BCUT2D eigenvalue weighted by molar-refractivity contribution is 5.59. The maximum atomic E-state index is 13.7. The SMILES string of the molecule is CCCCCCc1cnc(-c2ccc(OC)c(F)c2)cn1. The van der Waals surface area contributed by atoms with Gasteiger partial charge in [-0.15, -0.1) is 0 Å². The fourth-order valence-corrected chi connectivity index (χ4v) is 2.19. The minimum Gasteiger partial charge on any atom is -0.494 e. The minimum absolute atomic E-state index is 0.235. The first-order valence-corrected chi connectivity index (χ1v) is 7.39. The van der Waals surface area contributed by atoms with Crippen molar-refractivity contribution < 1.29 is 9.13 Å². The van der Waals surface area contributed by atoms with E-state index in [0.29, 0.717) is 11.3 Å². The van der Waals surface area contributed by atoms with E-state index in [4.69, 9.17) is 4.74 Å². The number of benzene rings is 1. The highest BCUT2D eigenvalue weighted by atomic mass is 19.1. The standard InChI is InChI=1S/C17H21FN2O/c1-3-4-5-6-7-14-11-20-16(12-19-14)13-8-9-17(21-2)15(18)10-13/h8-12H,3-7H2,1-2H3. The molecule has 0 radical (unpaired) electrons. The number of nitrogens with zero attached hydrogens (tertiary/aromatic N) is 2. The molecule has 3 nitrogen and oxygen atoms in total. The Morgan fingerprint density at radius 1 is 1.10 bits per heavy atom. The van der Waals surface area contributed by atoms with Crippen LogP contribution in [0.2, 0.25) is 0 Å². The van der Waals surface area contributed by atoms with Crippen molar-refractivity contribution in [3.63, 3.8) is 0 Å². The van der Waals surface area contributed by atoms with Gasteiger partial charge >= 0.3 is 0 Å². The van der Waals surface area contributed by atoms with Gasteiger partial charge in [0, 0.05) is 11.8 Å². The third-order valence-corrected chi connectivity index (χ3v) is 3.44. The zero-order valence-electron chi connectivity index (χ0n) is 12.6. The van der Waals surface area contributed by atoms with Gasteiger partial charge in [0.15, 0.2) is 11.6 Å². The number of aryl methyl sites for hydroxylation is 1. The highest BCUT2D eigenvalue weighted by Crippen LogP contribution is 2.23. The zero-order chi connectivity index (χ0) is 15.1. The number of rotatable bonds is 7. The summed E-state index contributed by atoms with van der Waals surface area (Å²) in [7, 11) is 1.45. The molecule has 0 bridgehead atoms. The van der Waals surface area contributed by atoms with E-state index < -0.39 is 0 Å². The van der Waals surface area contributed by atoms with Gasteiger partial charge < -0.3 is 4.74 Å². The van der Waals surface area contributed by atoms with Gasteiger partial charge in [0.25, 0.3) is 0 Å². The Kier molecular flexibility index (Phi) is 5.67. The molecule has 1 heterocycles. The second-order valence-corrected chi connectivity index (χ2v) is 5.05. The van der Waals surface area contributed by atoms with E-state index in [-0.39, 0.29) is 11.6 Å². The van der Waals surface area contributed by atoms with Crippen molar-refractivity contribution in [3.8, 4) is 17.0 Å². The van der Waals surface area contributed by atoms with Crippen LogP contribution >= 0.6 is 0 Å². The zero-order valence-corrected chi connectivity index (χ0v) is 12.6. The Morgan fingerprint density at radius 2 is 1.95 bits per heavy atom. The van der Waals surface area contributed by atoms with Gasteiger partial charge in [0.1, 0.15) is 0 Å². The molecule has 0 aliphatic rings. The van der Waals surface area contributed by atoms with Gasteiger partial charge in [-0.1, -0.05) is 26.2 Å². The molecule has 0 aliphatic heterocycles. The van der Waals surface area contributed by atoms with Gasteiger partial charge in [-0.25, -0.2) is 4.39 Å². The number of halogens is 1. The molecule has 0 fully saturated rings. The van der Waals surface area contributed by atoms with Crippen LogP contribution in [0, 0.1) is 5.82 Å². The quantitative estimate of drug-likeness (QED) is 0.708. The van der Waals surface area contributed by atoms with Gasteiger partial charge in [0.2, 0.25) is 0 Å². The molecule has 0 saturated carbocycles. The molecule has 1 aromatic carbocycles. The fraction of sp³-hybridized carbons (Fsp3) is 0.412. The normalized spacial score (nSPS) is 10.6. The van der Waals surface area contributed by atoms with Crippen LogP contribution in [-0.2, 0) is 6.42 Å². The first-order chi connectivity index (χ1) is 10.2. The van der Waals surface area contributed by atoms with E-state index >= 15 is 0 Å². The van der Waals surface area contributed by atoms with E-state index in [1.807, 2.05) is 0 Å². The first-order valence-electron chi connectivity index (χ1n) is 7.39. The van der Waals surface area contributed by atoms with Crippen LogP contribution in [0.4, 0.5) is 4.39 Å². The van der Waals surface area contributed by atoms with Gasteiger partial charge in [0.05, 0.1) is 24.7 Å². The lowest BCUT2D eigenvalue weighted by Crippen LogP contribution is -1.95. The number of hydrogen-bond donors (Lipinski definition) is 0. The average molecular weight is 288 g/mol. The lowest BCUT2D eigenvalue weighted by Gasteiger charge is -2.05. The number of hydrogen-bond acceptors (Lipinski definition) is 3. The van der Waals surface area contributed by atoms with Gasteiger partial charge in [-0.2, -0.15) is 0 Å². The van der Waals surface area contributed by atoms with Crippen molar-refractivity contribution in [1.82, 2.24) is 9.97 Å². The summed E-state index contributed by atoms with van der Waals surface area (Å²) in [6.07, 6.45) is 9.29. The Hall–Kier alpha value is -1.97. The topological polar surface area (TPSA) is 35.0 Å². The van der Waals surface area contributed by atoms with E-state index in [0.717, 1.165) is 18.5 Å². The van der Waals surface area contributed by atoms with Crippen molar-refractivity contribution >= 4 is 0 Å². The summed E-state index contributed by atoms with van der Waals surface area (Å²) < 4.78 is 18.6. The summed E-state index contributed by atoms with van der Waals surface area (Å²) in [4.78, 5) is 8.78. The average Bonchev–Trinajstić information content (AvgIpc) is 2.52. The van der Waals surface area contributed by atoms with Crippen molar-refractivity contribution in [2.75, 3.05) is 7.11 Å². The smallest absolute Gasteiger partial charge is 0.165 e. The first kappa shape index (κ1) is 15.4. The van der Waals surface area contributed by atoms with Gasteiger partial charge in [-0.3, -0.25) is 9.97 Å². The minimum atomic E-state index is -0.388. The molecule has 0 spiro atoms. The van der Waals surface area contributed by atoms with Crippen molar-refractivity contribution in [3.05, 3.63) is 42.1 Å². The third kappa shape index (κ3) is 4.25. The highest BCUT2D eigenvalue weighted by Gasteiger charge is 2.06. The molecule has 0 atom stereocenters. The molecule has 0 saturated heterocycles. The van der Waals surface area contributed by atoms with Crippen LogP contribution < -0.4 is 4.74 Å². The Bertz CT molecular complexity index is 570. The largest absolute Gasteiger partial charge is 0.494 e. The molecule has 112 valence electrons. The van der Waals surface area contributed by atoms with Crippen LogP contribution in [0.3, 0.4) is 0 Å². The molecule has 2 aromatic rings.